The number of thioether (sulfide) groups is 1. The Morgan fingerprint density at radius 3 is 2.00 bits per heavy atom. The third-order valence-electron chi connectivity index (χ3n) is 1.92. The third-order valence-corrected chi connectivity index (χ3v) is 3.17. The van der Waals surface area contributed by atoms with Gasteiger partial charge in [0.2, 0.25) is 0 Å². The highest BCUT2D eigenvalue weighted by Crippen LogP contribution is 2.16. The summed E-state index contributed by atoms with van der Waals surface area (Å²) in [6.45, 7) is 7.15. The van der Waals surface area contributed by atoms with Crippen molar-refractivity contribution >= 4 is 23.7 Å². The van der Waals surface area contributed by atoms with Gasteiger partial charge in [-0.1, -0.05) is 0 Å². The minimum absolute atomic E-state index is 0.258. The van der Waals surface area contributed by atoms with Gasteiger partial charge in [-0.3, -0.25) is 9.59 Å². The second-order valence-corrected chi connectivity index (χ2v) is 4.52. The fourth-order valence-electron chi connectivity index (χ4n) is 1.17. The molecule has 0 N–H and O–H groups in total. The molecule has 0 saturated carbocycles. The standard InChI is InChI=1S/C12H22O5S/c1-4-15-8-7-9-18-10(11(13)16-5-2)12(14)17-6-3/h10H,4-9H2,1-3H3. The number of carbonyl (C=O) groups is 2. The zero-order valence-corrected chi connectivity index (χ0v) is 12.1. The summed E-state index contributed by atoms with van der Waals surface area (Å²) < 4.78 is 14.9. The van der Waals surface area contributed by atoms with Crippen molar-refractivity contribution in [3.05, 3.63) is 0 Å². The summed E-state index contributed by atoms with van der Waals surface area (Å²) in [4.78, 5) is 23.2. The molecule has 0 aromatic heterocycles. The lowest BCUT2D eigenvalue weighted by molar-refractivity contribution is -0.152. The minimum Gasteiger partial charge on any atom is -0.465 e. The predicted octanol–water partition coefficient (Wildman–Crippen LogP) is 1.64. The van der Waals surface area contributed by atoms with Gasteiger partial charge in [0, 0.05) is 13.2 Å². The SMILES string of the molecule is CCOCCCSC(C(=O)OCC)C(=O)OCC. The van der Waals surface area contributed by atoms with Gasteiger partial charge >= 0.3 is 11.9 Å². The number of hydrogen-bond acceptors (Lipinski definition) is 6. The van der Waals surface area contributed by atoms with Gasteiger partial charge in [0.05, 0.1) is 13.2 Å². The lowest BCUT2D eigenvalue weighted by Gasteiger charge is -2.13. The molecule has 0 aliphatic rings. The fraction of sp³-hybridized carbons (Fsp3) is 0.833. The molecule has 0 bridgehead atoms. The van der Waals surface area contributed by atoms with E-state index in [2.05, 4.69) is 0 Å². The van der Waals surface area contributed by atoms with E-state index in [1.54, 1.807) is 13.8 Å². The Kier molecular flexibility index (Phi) is 10.9. The molecular weight excluding hydrogens is 256 g/mol. The van der Waals surface area contributed by atoms with Crippen LogP contribution in [-0.4, -0.2) is 49.4 Å². The van der Waals surface area contributed by atoms with Crippen molar-refractivity contribution in [3.63, 3.8) is 0 Å². The zero-order chi connectivity index (χ0) is 13.8. The summed E-state index contributed by atoms with van der Waals surface area (Å²) in [7, 11) is 0. The van der Waals surface area contributed by atoms with Gasteiger partial charge in [-0.05, 0) is 32.9 Å². The van der Waals surface area contributed by atoms with E-state index >= 15 is 0 Å². The van der Waals surface area contributed by atoms with Crippen LogP contribution in [0.1, 0.15) is 27.2 Å². The summed E-state index contributed by atoms with van der Waals surface area (Å²) in [6, 6.07) is 0. The van der Waals surface area contributed by atoms with Crippen molar-refractivity contribution in [3.8, 4) is 0 Å². The monoisotopic (exact) mass is 278 g/mol. The molecular formula is C12H22O5S. The molecule has 0 atom stereocenters. The summed E-state index contributed by atoms with van der Waals surface area (Å²) in [5, 5.41) is -0.883. The molecule has 0 heterocycles. The Balaban J connectivity index is 4.12. The number of carbonyl (C=O) groups excluding carboxylic acids is 2. The van der Waals surface area contributed by atoms with Crippen LogP contribution in [0.2, 0.25) is 0 Å². The van der Waals surface area contributed by atoms with E-state index in [4.69, 9.17) is 14.2 Å². The molecule has 0 aliphatic carbocycles. The molecule has 0 aromatic carbocycles. The summed E-state index contributed by atoms with van der Waals surface area (Å²) in [5.41, 5.74) is 0. The molecule has 0 unspecified atom stereocenters. The highest BCUT2D eigenvalue weighted by Gasteiger charge is 2.29. The molecule has 106 valence electrons. The van der Waals surface area contributed by atoms with E-state index in [-0.39, 0.29) is 13.2 Å². The van der Waals surface area contributed by atoms with Crippen molar-refractivity contribution in [1.82, 2.24) is 0 Å². The number of ether oxygens (including phenoxy) is 3. The number of rotatable bonds is 10. The van der Waals surface area contributed by atoms with Crippen LogP contribution in [0.15, 0.2) is 0 Å². The van der Waals surface area contributed by atoms with E-state index in [1.165, 1.54) is 11.8 Å². The van der Waals surface area contributed by atoms with E-state index in [9.17, 15) is 9.59 Å². The maximum absolute atomic E-state index is 11.6. The van der Waals surface area contributed by atoms with Crippen LogP contribution in [0.3, 0.4) is 0 Å². The van der Waals surface area contributed by atoms with Crippen LogP contribution >= 0.6 is 11.8 Å². The van der Waals surface area contributed by atoms with Gasteiger partial charge in [-0.25, -0.2) is 0 Å². The Hall–Kier alpha value is -0.750. The average Bonchev–Trinajstić information content (AvgIpc) is 2.34. The normalized spacial score (nSPS) is 10.4. The van der Waals surface area contributed by atoms with Crippen LogP contribution in [0.25, 0.3) is 0 Å². The van der Waals surface area contributed by atoms with E-state index in [0.29, 0.717) is 19.0 Å². The molecule has 0 aromatic rings. The van der Waals surface area contributed by atoms with Crippen LogP contribution in [-0.2, 0) is 23.8 Å². The minimum atomic E-state index is -0.883. The maximum Gasteiger partial charge on any atom is 0.330 e. The van der Waals surface area contributed by atoms with Gasteiger partial charge in [0.15, 0.2) is 5.25 Å². The van der Waals surface area contributed by atoms with Crippen LogP contribution in [0, 0.1) is 0 Å². The average molecular weight is 278 g/mol. The highest BCUT2D eigenvalue weighted by molar-refractivity contribution is 8.01. The lowest BCUT2D eigenvalue weighted by Crippen LogP contribution is -2.31. The van der Waals surface area contributed by atoms with Gasteiger partial charge < -0.3 is 14.2 Å². The molecule has 18 heavy (non-hydrogen) atoms. The van der Waals surface area contributed by atoms with E-state index < -0.39 is 17.2 Å². The molecule has 6 heteroatoms. The molecule has 0 aliphatic heterocycles. The molecule has 0 spiro atoms. The van der Waals surface area contributed by atoms with E-state index in [0.717, 1.165) is 6.42 Å². The Morgan fingerprint density at radius 1 is 1.00 bits per heavy atom. The fourth-order valence-corrected chi connectivity index (χ4v) is 2.10. The Labute approximate surface area is 113 Å². The second kappa shape index (κ2) is 11.3. The molecule has 5 nitrogen and oxygen atoms in total. The van der Waals surface area contributed by atoms with Gasteiger partial charge in [-0.2, -0.15) is 0 Å². The smallest absolute Gasteiger partial charge is 0.330 e. The summed E-state index contributed by atoms with van der Waals surface area (Å²) in [5.74, 6) is -0.405. The first-order chi connectivity index (χ1) is 8.67. The topological polar surface area (TPSA) is 61.8 Å². The van der Waals surface area contributed by atoms with Crippen molar-refractivity contribution in [2.75, 3.05) is 32.2 Å². The second-order valence-electron chi connectivity index (χ2n) is 3.31. The first-order valence-corrected chi connectivity index (χ1v) is 7.24. The third kappa shape index (κ3) is 7.55. The lowest BCUT2D eigenvalue weighted by atomic mass is 10.4. The zero-order valence-electron chi connectivity index (χ0n) is 11.3. The van der Waals surface area contributed by atoms with Gasteiger partial charge in [0.25, 0.3) is 0 Å². The quantitative estimate of drug-likeness (QED) is 0.344. The van der Waals surface area contributed by atoms with Crippen LogP contribution in [0.5, 0.6) is 0 Å². The van der Waals surface area contributed by atoms with Gasteiger partial charge in [0.1, 0.15) is 0 Å². The van der Waals surface area contributed by atoms with Crippen molar-refractivity contribution in [1.29, 1.82) is 0 Å². The first-order valence-electron chi connectivity index (χ1n) is 6.19. The van der Waals surface area contributed by atoms with Crippen LogP contribution < -0.4 is 0 Å². The number of hydrogen-bond donors (Lipinski definition) is 0. The Bertz CT molecular complexity index is 227. The Morgan fingerprint density at radius 2 is 1.56 bits per heavy atom. The molecule has 0 saturated heterocycles. The highest BCUT2D eigenvalue weighted by atomic mass is 32.2. The van der Waals surface area contributed by atoms with Gasteiger partial charge in [-0.15, -0.1) is 11.8 Å². The molecule has 0 rings (SSSR count). The largest absolute Gasteiger partial charge is 0.465 e. The predicted molar refractivity (Wildman–Crippen MR) is 70.6 cm³/mol. The maximum atomic E-state index is 11.6. The number of esters is 2. The van der Waals surface area contributed by atoms with Crippen molar-refractivity contribution in [2.24, 2.45) is 0 Å². The summed E-state index contributed by atoms with van der Waals surface area (Å²) in [6.07, 6.45) is 0.786. The molecule has 0 radical (unpaired) electrons. The summed E-state index contributed by atoms with van der Waals surface area (Å²) >= 11 is 1.24. The molecule has 0 amide bonds. The van der Waals surface area contributed by atoms with Crippen molar-refractivity contribution in [2.45, 2.75) is 32.4 Å². The first kappa shape index (κ1) is 17.2. The van der Waals surface area contributed by atoms with Crippen molar-refractivity contribution < 1.29 is 23.8 Å². The van der Waals surface area contributed by atoms with E-state index in [1.807, 2.05) is 6.92 Å². The van der Waals surface area contributed by atoms with Crippen LogP contribution in [0.4, 0.5) is 0 Å². The molecule has 0 fully saturated rings.